The molecule has 0 aromatic heterocycles. The average molecular weight is 271 g/mol. The van der Waals surface area contributed by atoms with Crippen LogP contribution in [0.4, 0.5) is 4.39 Å². The third-order valence-corrected chi connectivity index (χ3v) is 3.92. The van der Waals surface area contributed by atoms with E-state index in [4.69, 9.17) is 4.74 Å². The van der Waals surface area contributed by atoms with Gasteiger partial charge in [-0.1, -0.05) is 24.3 Å². The van der Waals surface area contributed by atoms with Crippen LogP contribution in [0.2, 0.25) is 0 Å². The molecule has 0 spiro atoms. The Morgan fingerprint density at radius 1 is 1.10 bits per heavy atom. The molecule has 0 fully saturated rings. The summed E-state index contributed by atoms with van der Waals surface area (Å²) >= 11 is 0. The maximum atomic E-state index is 13.5. The second kappa shape index (κ2) is 5.35. The molecule has 0 saturated carbocycles. The van der Waals surface area contributed by atoms with Crippen LogP contribution in [0.25, 0.3) is 0 Å². The molecule has 0 radical (unpaired) electrons. The normalized spacial score (nSPS) is 15.2. The predicted molar refractivity (Wildman–Crippen MR) is 77.0 cm³/mol. The molecule has 104 valence electrons. The van der Waals surface area contributed by atoms with Crippen molar-refractivity contribution in [1.82, 2.24) is 5.32 Å². The third kappa shape index (κ3) is 2.35. The Morgan fingerprint density at radius 2 is 1.90 bits per heavy atom. The van der Waals surface area contributed by atoms with Crippen molar-refractivity contribution in [1.29, 1.82) is 0 Å². The Morgan fingerprint density at radius 3 is 2.70 bits per heavy atom. The number of aryl methyl sites for hydroxylation is 1. The van der Waals surface area contributed by atoms with Crippen molar-refractivity contribution in [3.8, 4) is 0 Å². The zero-order chi connectivity index (χ0) is 14.1. The highest BCUT2D eigenvalue weighted by Gasteiger charge is 2.18. The van der Waals surface area contributed by atoms with Crippen molar-refractivity contribution in [2.75, 3.05) is 7.05 Å². The Balaban J connectivity index is 2.03. The molecule has 1 aliphatic heterocycles. The third-order valence-electron chi connectivity index (χ3n) is 3.92. The second-order valence-electron chi connectivity index (χ2n) is 5.24. The summed E-state index contributed by atoms with van der Waals surface area (Å²) in [6, 6.07) is 11.3. The maximum Gasteiger partial charge on any atom is 0.123 e. The fourth-order valence-corrected chi connectivity index (χ4v) is 2.80. The molecule has 2 nitrogen and oxygen atoms in total. The first-order valence-electron chi connectivity index (χ1n) is 6.82. The molecule has 1 heterocycles. The van der Waals surface area contributed by atoms with Gasteiger partial charge in [0.05, 0.1) is 19.3 Å². The van der Waals surface area contributed by atoms with Gasteiger partial charge in [-0.3, -0.25) is 0 Å². The number of halogens is 1. The van der Waals surface area contributed by atoms with Crippen LogP contribution in [0.5, 0.6) is 0 Å². The Hall–Kier alpha value is -1.71. The van der Waals surface area contributed by atoms with Gasteiger partial charge < -0.3 is 10.1 Å². The van der Waals surface area contributed by atoms with Gasteiger partial charge in [0, 0.05) is 0 Å². The molecule has 0 amide bonds. The largest absolute Gasteiger partial charge is 0.372 e. The molecule has 1 N–H and O–H groups in total. The summed E-state index contributed by atoms with van der Waals surface area (Å²) in [6.45, 7) is 3.37. The van der Waals surface area contributed by atoms with E-state index in [-0.39, 0.29) is 11.9 Å². The summed E-state index contributed by atoms with van der Waals surface area (Å²) in [5.74, 6) is -0.199. The minimum Gasteiger partial charge on any atom is -0.372 e. The van der Waals surface area contributed by atoms with Crippen molar-refractivity contribution in [2.24, 2.45) is 0 Å². The van der Waals surface area contributed by atoms with Crippen LogP contribution in [-0.2, 0) is 18.0 Å². The van der Waals surface area contributed by atoms with E-state index < -0.39 is 0 Å². The molecule has 0 bridgehead atoms. The number of hydrogen-bond acceptors (Lipinski definition) is 2. The number of benzene rings is 2. The summed E-state index contributed by atoms with van der Waals surface area (Å²) in [6.07, 6.45) is 0. The van der Waals surface area contributed by atoms with E-state index in [1.807, 2.05) is 20.0 Å². The highest BCUT2D eigenvalue weighted by Crippen LogP contribution is 2.29. The van der Waals surface area contributed by atoms with E-state index in [1.54, 1.807) is 6.07 Å². The molecule has 3 heteroatoms. The smallest absolute Gasteiger partial charge is 0.123 e. The lowest BCUT2D eigenvalue weighted by molar-refractivity contribution is 0.134. The van der Waals surface area contributed by atoms with Crippen LogP contribution in [0.15, 0.2) is 36.4 Å². The number of hydrogen-bond donors (Lipinski definition) is 1. The van der Waals surface area contributed by atoms with Crippen molar-refractivity contribution in [2.45, 2.75) is 26.2 Å². The van der Waals surface area contributed by atoms with Crippen LogP contribution in [0.3, 0.4) is 0 Å². The monoisotopic (exact) mass is 271 g/mol. The van der Waals surface area contributed by atoms with Crippen molar-refractivity contribution < 1.29 is 9.13 Å². The number of rotatable bonds is 3. The Bertz CT molecular complexity index is 639. The van der Waals surface area contributed by atoms with Gasteiger partial charge in [-0.15, -0.1) is 0 Å². The fourth-order valence-electron chi connectivity index (χ4n) is 2.80. The van der Waals surface area contributed by atoms with E-state index in [2.05, 4.69) is 23.5 Å². The molecule has 2 aromatic rings. The maximum absolute atomic E-state index is 13.5. The predicted octanol–water partition coefficient (Wildman–Crippen LogP) is 3.47. The van der Waals surface area contributed by atoms with Crippen LogP contribution in [0.1, 0.15) is 33.9 Å². The van der Waals surface area contributed by atoms with Crippen molar-refractivity contribution in [3.63, 3.8) is 0 Å². The molecule has 20 heavy (non-hydrogen) atoms. The lowest BCUT2D eigenvalue weighted by atomic mass is 9.93. The Kier molecular flexibility index (Phi) is 3.55. The number of fused-ring (bicyclic) bond motifs is 1. The molecule has 1 aliphatic rings. The topological polar surface area (TPSA) is 21.3 Å². The standard InChI is InChI=1S/C17H18FNO/c1-11-3-6-15(18)8-16(11)17(19-2)12-4-5-13-9-20-10-14(13)7-12/h3-8,17,19H,9-10H2,1-2H3. The van der Waals surface area contributed by atoms with E-state index in [9.17, 15) is 4.39 Å². The van der Waals surface area contributed by atoms with Gasteiger partial charge in [0.2, 0.25) is 0 Å². The first-order chi connectivity index (χ1) is 9.69. The minimum absolute atomic E-state index is 0.00315. The summed E-state index contributed by atoms with van der Waals surface area (Å²) in [4.78, 5) is 0. The first-order valence-corrected chi connectivity index (χ1v) is 6.82. The minimum atomic E-state index is -0.199. The molecular formula is C17H18FNO. The highest BCUT2D eigenvalue weighted by molar-refractivity contribution is 5.41. The van der Waals surface area contributed by atoms with Gasteiger partial charge in [-0.05, 0) is 53.9 Å². The molecule has 1 atom stereocenters. The molecule has 3 rings (SSSR count). The second-order valence-corrected chi connectivity index (χ2v) is 5.24. The summed E-state index contributed by atoms with van der Waals surface area (Å²) in [5, 5.41) is 3.29. The number of nitrogens with one attached hydrogen (secondary N) is 1. The fraction of sp³-hybridized carbons (Fsp3) is 0.294. The van der Waals surface area contributed by atoms with Gasteiger partial charge in [0.25, 0.3) is 0 Å². The molecule has 0 aliphatic carbocycles. The lowest BCUT2D eigenvalue weighted by Gasteiger charge is -2.20. The van der Waals surface area contributed by atoms with Crippen LogP contribution >= 0.6 is 0 Å². The van der Waals surface area contributed by atoms with E-state index in [1.165, 1.54) is 17.2 Å². The lowest BCUT2D eigenvalue weighted by Crippen LogP contribution is -2.19. The number of ether oxygens (including phenoxy) is 1. The van der Waals surface area contributed by atoms with Gasteiger partial charge in [0.1, 0.15) is 5.82 Å². The van der Waals surface area contributed by atoms with Crippen LogP contribution in [0, 0.1) is 12.7 Å². The molecular weight excluding hydrogens is 253 g/mol. The zero-order valence-electron chi connectivity index (χ0n) is 11.7. The highest BCUT2D eigenvalue weighted by atomic mass is 19.1. The van der Waals surface area contributed by atoms with Crippen molar-refractivity contribution >= 4 is 0 Å². The SMILES string of the molecule is CNC(c1ccc2c(c1)COC2)c1cc(F)ccc1C. The van der Waals surface area contributed by atoms with E-state index in [0.717, 1.165) is 16.7 Å². The van der Waals surface area contributed by atoms with Crippen LogP contribution in [-0.4, -0.2) is 7.05 Å². The molecule has 2 aromatic carbocycles. The summed E-state index contributed by atoms with van der Waals surface area (Å²) in [5.41, 5.74) is 5.69. The summed E-state index contributed by atoms with van der Waals surface area (Å²) < 4.78 is 19.0. The Labute approximate surface area is 118 Å². The summed E-state index contributed by atoms with van der Waals surface area (Å²) in [7, 11) is 1.90. The van der Waals surface area contributed by atoms with E-state index in [0.29, 0.717) is 13.2 Å². The van der Waals surface area contributed by atoms with Gasteiger partial charge in [0.15, 0.2) is 0 Å². The quantitative estimate of drug-likeness (QED) is 0.923. The van der Waals surface area contributed by atoms with E-state index >= 15 is 0 Å². The van der Waals surface area contributed by atoms with Crippen LogP contribution < -0.4 is 5.32 Å². The van der Waals surface area contributed by atoms with Gasteiger partial charge >= 0.3 is 0 Å². The van der Waals surface area contributed by atoms with Crippen molar-refractivity contribution in [3.05, 3.63) is 70.0 Å². The van der Waals surface area contributed by atoms with Gasteiger partial charge in [-0.25, -0.2) is 4.39 Å². The average Bonchev–Trinajstić information content (AvgIpc) is 2.91. The molecule has 1 unspecified atom stereocenters. The zero-order valence-corrected chi connectivity index (χ0v) is 11.7. The van der Waals surface area contributed by atoms with Gasteiger partial charge in [-0.2, -0.15) is 0 Å². The first kappa shape index (κ1) is 13.3. The molecule has 0 saturated heterocycles.